The molecule has 0 saturated carbocycles. The molecule has 0 aliphatic rings. The molecule has 2 rings (SSSR count). The maximum atomic E-state index is 9.77. The van der Waals surface area contributed by atoms with Gasteiger partial charge in [0.2, 0.25) is 0 Å². The molecular formula is C15H12ClNO. The van der Waals surface area contributed by atoms with Gasteiger partial charge in [0, 0.05) is 23.4 Å². The zero-order chi connectivity index (χ0) is 13.0. The quantitative estimate of drug-likeness (QED) is 0.823. The Hall–Kier alpha value is -2.11. The average Bonchev–Trinajstić information content (AvgIpc) is 2.41. The van der Waals surface area contributed by atoms with Gasteiger partial charge in [-0.15, -0.1) is 6.42 Å². The number of phenolic OH excluding ortho intramolecular Hbond substituents is 1. The van der Waals surface area contributed by atoms with Crippen LogP contribution in [0.5, 0.6) is 5.75 Å². The summed E-state index contributed by atoms with van der Waals surface area (Å²) in [5.41, 5.74) is 2.47. The van der Waals surface area contributed by atoms with Crippen molar-refractivity contribution in [2.45, 2.75) is 6.54 Å². The summed E-state index contributed by atoms with van der Waals surface area (Å²) >= 11 is 5.84. The second kappa shape index (κ2) is 5.48. The molecule has 0 fully saturated rings. The van der Waals surface area contributed by atoms with Gasteiger partial charge in [0.05, 0.1) is 5.02 Å². The zero-order valence-electron chi connectivity index (χ0n) is 9.65. The van der Waals surface area contributed by atoms with Gasteiger partial charge in [-0.05, 0) is 24.3 Å². The minimum absolute atomic E-state index is 0.111. The standard InChI is InChI=1S/C15H12ClNO/c1-2-11-5-3-7-13(9-11)17-10-12-6-4-8-14(16)15(12)18/h1,3-9,17-18H,10H2. The van der Waals surface area contributed by atoms with Crippen LogP contribution in [0.1, 0.15) is 11.1 Å². The summed E-state index contributed by atoms with van der Waals surface area (Å²) in [4.78, 5) is 0. The van der Waals surface area contributed by atoms with Crippen LogP contribution in [0, 0.1) is 12.3 Å². The van der Waals surface area contributed by atoms with E-state index in [2.05, 4.69) is 11.2 Å². The molecule has 0 aliphatic carbocycles. The Morgan fingerprint density at radius 3 is 2.78 bits per heavy atom. The Morgan fingerprint density at radius 2 is 2.00 bits per heavy atom. The third-order valence-electron chi connectivity index (χ3n) is 2.58. The summed E-state index contributed by atoms with van der Waals surface area (Å²) < 4.78 is 0. The lowest BCUT2D eigenvalue weighted by molar-refractivity contribution is 0.469. The van der Waals surface area contributed by atoms with Crippen LogP contribution in [-0.4, -0.2) is 5.11 Å². The molecular weight excluding hydrogens is 246 g/mol. The Balaban J connectivity index is 2.12. The highest BCUT2D eigenvalue weighted by atomic mass is 35.5. The second-order valence-corrected chi connectivity index (χ2v) is 4.23. The second-order valence-electron chi connectivity index (χ2n) is 3.83. The van der Waals surface area contributed by atoms with Gasteiger partial charge in [0.25, 0.3) is 0 Å². The first-order valence-electron chi connectivity index (χ1n) is 5.47. The van der Waals surface area contributed by atoms with E-state index in [-0.39, 0.29) is 5.75 Å². The number of phenols is 1. The van der Waals surface area contributed by atoms with Gasteiger partial charge in [-0.3, -0.25) is 0 Å². The Labute approximate surface area is 111 Å². The van der Waals surface area contributed by atoms with Crippen LogP contribution >= 0.6 is 11.6 Å². The predicted molar refractivity (Wildman–Crippen MR) is 74.8 cm³/mol. The number of hydrogen-bond acceptors (Lipinski definition) is 2. The number of para-hydroxylation sites is 1. The van der Waals surface area contributed by atoms with E-state index in [4.69, 9.17) is 18.0 Å². The average molecular weight is 258 g/mol. The molecule has 18 heavy (non-hydrogen) atoms. The molecule has 0 amide bonds. The Bertz CT molecular complexity index is 602. The van der Waals surface area contributed by atoms with Crippen LogP contribution in [0.3, 0.4) is 0 Å². The number of aromatic hydroxyl groups is 1. The molecule has 0 heterocycles. The van der Waals surface area contributed by atoms with Gasteiger partial charge in [-0.1, -0.05) is 35.7 Å². The lowest BCUT2D eigenvalue weighted by atomic mass is 10.1. The normalized spacial score (nSPS) is 9.78. The molecule has 0 aromatic heterocycles. The van der Waals surface area contributed by atoms with Gasteiger partial charge >= 0.3 is 0 Å². The summed E-state index contributed by atoms with van der Waals surface area (Å²) in [7, 11) is 0. The molecule has 0 bridgehead atoms. The summed E-state index contributed by atoms with van der Waals surface area (Å²) in [5, 5.41) is 13.3. The maximum Gasteiger partial charge on any atom is 0.139 e. The van der Waals surface area contributed by atoms with Crippen LogP contribution in [-0.2, 0) is 6.54 Å². The van der Waals surface area contributed by atoms with Crippen molar-refractivity contribution >= 4 is 17.3 Å². The first kappa shape index (κ1) is 12.3. The maximum absolute atomic E-state index is 9.77. The van der Waals surface area contributed by atoms with Gasteiger partial charge in [0.1, 0.15) is 5.75 Å². The van der Waals surface area contributed by atoms with E-state index in [0.29, 0.717) is 11.6 Å². The van der Waals surface area contributed by atoms with Crippen LogP contribution in [0.4, 0.5) is 5.69 Å². The molecule has 2 nitrogen and oxygen atoms in total. The topological polar surface area (TPSA) is 32.3 Å². The lowest BCUT2D eigenvalue weighted by Gasteiger charge is -2.09. The van der Waals surface area contributed by atoms with Crippen molar-refractivity contribution in [2.75, 3.05) is 5.32 Å². The summed E-state index contributed by atoms with van der Waals surface area (Å²) in [6.45, 7) is 0.487. The third kappa shape index (κ3) is 2.77. The third-order valence-corrected chi connectivity index (χ3v) is 2.89. The highest BCUT2D eigenvalue weighted by Gasteiger charge is 2.04. The van der Waals surface area contributed by atoms with Gasteiger partial charge in [-0.2, -0.15) is 0 Å². The highest BCUT2D eigenvalue weighted by molar-refractivity contribution is 6.32. The number of nitrogens with one attached hydrogen (secondary N) is 1. The SMILES string of the molecule is C#Cc1cccc(NCc2cccc(Cl)c2O)c1. The van der Waals surface area contributed by atoms with Crippen LogP contribution < -0.4 is 5.32 Å². The van der Waals surface area contributed by atoms with Crippen LogP contribution in [0.15, 0.2) is 42.5 Å². The number of benzene rings is 2. The van der Waals surface area contributed by atoms with E-state index in [1.54, 1.807) is 12.1 Å². The number of hydrogen-bond donors (Lipinski definition) is 2. The molecule has 2 aromatic rings. The van der Waals surface area contributed by atoms with Crippen molar-refractivity contribution in [1.29, 1.82) is 0 Å². The van der Waals surface area contributed by atoms with E-state index in [0.717, 1.165) is 16.8 Å². The molecule has 0 aliphatic heterocycles. The number of rotatable bonds is 3. The lowest BCUT2D eigenvalue weighted by Crippen LogP contribution is -1.99. The molecule has 0 atom stereocenters. The fourth-order valence-corrected chi connectivity index (χ4v) is 1.81. The molecule has 0 saturated heterocycles. The van der Waals surface area contributed by atoms with Crippen molar-refractivity contribution in [3.63, 3.8) is 0 Å². The molecule has 2 N–H and O–H groups in total. The fourth-order valence-electron chi connectivity index (χ4n) is 1.62. The first-order chi connectivity index (χ1) is 8.70. The molecule has 2 aromatic carbocycles. The fraction of sp³-hybridized carbons (Fsp3) is 0.0667. The molecule has 0 unspecified atom stereocenters. The summed E-state index contributed by atoms with van der Waals surface area (Å²) in [5.74, 6) is 2.69. The minimum atomic E-state index is 0.111. The number of anilines is 1. The van der Waals surface area contributed by atoms with E-state index >= 15 is 0 Å². The number of terminal acetylenes is 1. The molecule has 3 heteroatoms. The van der Waals surface area contributed by atoms with Gasteiger partial charge in [0.15, 0.2) is 0 Å². The number of halogens is 1. The molecule has 90 valence electrons. The van der Waals surface area contributed by atoms with E-state index < -0.39 is 0 Å². The summed E-state index contributed by atoms with van der Waals surface area (Å²) in [6.07, 6.45) is 5.33. The first-order valence-corrected chi connectivity index (χ1v) is 5.85. The monoisotopic (exact) mass is 257 g/mol. The molecule has 0 radical (unpaired) electrons. The van der Waals surface area contributed by atoms with E-state index in [9.17, 15) is 5.11 Å². The van der Waals surface area contributed by atoms with Gasteiger partial charge in [-0.25, -0.2) is 0 Å². The highest BCUT2D eigenvalue weighted by Crippen LogP contribution is 2.27. The van der Waals surface area contributed by atoms with Crippen LogP contribution in [0.2, 0.25) is 5.02 Å². The predicted octanol–water partition coefficient (Wildman–Crippen LogP) is 3.64. The molecule has 0 spiro atoms. The van der Waals surface area contributed by atoms with Gasteiger partial charge < -0.3 is 10.4 Å². The van der Waals surface area contributed by atoms with E-state index in [1.165, 1.54) is 0 Å². The van der Waals surface area contributed by atoms with Crippen molar-refractivity contribution in [2.24, 2.45) is 0 Å². The van der Waals surface area contributed by atoms with Crippen molar-refractivity contribution in [1.82, 2.24) is 0 Å². The van der Waals surface area contributed by atoms with Crippen molar-refractivity contribution in [3.05, 3.63) is 58.6 Å². The van der Waals surface area contributed by atoms with Crippen molar-refractivity contribution < 1.29 is 5.11 Å². The Kier molecular flexibility index (Phi) is 3.76. The summed E-state index contributed by atoms with van der Waals surface area (Å²) in [6, 6.07) is 12.8. The van der Waals surface area contributed by atoms with Crippen LogP contribution in [0.25, 0.3) is 0 Å². The van der Waals surface area contributed by atoms with E-state index in [1.807, 2.05) is 30.3 Å². The largest absolute Gasteiger partial charge is 0.506 e. The van der Waals surface area contributed by atoms with Crippen molar-refractivity contribution in [3.8, 4) is 18.1 Å². The Morgan fingerprint density at radius 1 is 1.22 bits per heavy atom. The minimum Gasteiger partial charge on any atom is -0.506 e. The smallest absolute Gasteiger partial charge is 0.139 e. The zero-order valence-corrected chi connectivity index (χ0v) is 10.4.